The third-order valence-corrected chi connectivity index (χ3v) is 2.84. The highest BCUT2D eigenvalue weighted by molar-refractivity contribution is 5.18. The van der Waals surface area contributed by atoms with Gasteiger partial charge in [-0.1, -0.05) is 37.3 Å². The smallest absolute Gasteiger partial charge is 0.00965 e. The highest BCUT2D eigenvalue weighted by atomic mass is 14.9. The second kappa shape index (κ2) is 6.05. The number of hydrogen-bond acceptors (Lipinski definition) is 1. The highest BCUT2D eigenvalue weighted by Gasteiger charge is 2.08. The summed E-state index contributed by atoms with van der Waals surface area (Å²) >= 11 is 0. The third-order valence-electron chi connectivity index (χ3n) is 2.84. The van der Waals surface area contributed by atoms with Gasteiger partial charge in [0, 0.05) is 5.54 Å². The van der Waals surface area contributed by atoms with Crippen molar-refractivity contribution in [3.8, 4) is 0 Å². The number of benzene rings is 1. The van der Waals surface area contributed by atoms with Crippen molar-refractivity contribution < 1.29 is 0 Å². The van der Waals surface area contributed by atoms with E-state index in [2.05, 4.69) is 63.3 Å². The van der Waals surface area contributed by atoms with E-state index < -0.39 is 0 Å². The molecule has 1 atom stereocenters. The Morgan fingerprint density at radius 1 is 1.12 bits per heavy atom. The molecule has 1 N–H and O–H groups in total. The highest BCUT2D eigenvalue weighted by Crippen LogP contribution is 2.19. The molecule has 1 heteroatoms. The Kier molecular flexibility index (Phi) is 5.01. The fourth-order valence-electron chi connectivity index (χ4n) is 1.82. The minimum absolute atomic E-state index is 0.246. The van der Waals surface area contributed by atoms with Crippen LogP contribution in [0.4, 0.5) is 0 Å². The molecule has 0 unspecified atom stereocenters. The van der Waals surface area contributed by atoms with Crippen LogP contribution in [0.2, 0.25) is 0 Å². The fourth-order valence-corrected chi connectivity index (χ4v) is 1.82. The Labute approximate surface area is 100 Å². The predicted molar refractivity (Wildman–Crippen MR) is 71.8 cm³/mol. The number of nitrogens with one attached hydrogen (secondary N) is 1. The molecule has 0 heterocycles. The minimum atomic E-state index is 0.246. The molecule has 0 radical (unpaired) electrons. The summed E-state index contributed by atoms with van der Waals surface area (Å²) in [5, 5.41) is 3.53. The fraction of sp³-hybridized carbons (Fsp3) is 0.600. The summed E-state index contributed by atoms with van der Waals surface area (Å²) in [6, 6.07) is 10.8. The maximum absolute atomic E-state index is 3.53. The first-order chi connectivity index (χ1) is 7.49. The van der Waals surface area contributed by atoms with Crippen LogP contribution >= 0.6 is 0 Å². The zero-order valence-electron chi connectivity index (χ0n) is 11.1. The van der Waals surface area contributed by atoms with Gasteiger partial charge in [0.2, 0.25) is 0 Å². The Bertz CT molecular complexity index is 284. The number of hydrogen-bond donors (Lipinski definition) is 1. The summed E-state index contributed by atoms with van der Waals surface area (Å²) in [6.45, 7) is 10.1. The van der Waals surface area contributed by atoms with Gasteiger partial charge in [0.05, 0.1) is 0 Å². The Balaban J connectivity index is 2.24. The molecule has 1 aromatic carbocycles. The van der Waals surface area contributed by atoms with E-state index in [0.717, 1.165) is 6.54 Å². The van der Waals surface area contributed by atoms with Crippen molar-refractivity contribution in [2.45, 2.75) is 52.0 Å². The lowest BCUT2D eigenvalue weighted by atomic mass is 9.96. The standard InChI is InChI=1S/C15H25N/c1-13(14-10-6-5-7-11-14)9-8-12-16-15(2,3)4/h5-7,10-11,13,16H,8-9,12H2,1-4H3/t13-/m1/s1. The van der Waals surface area contributed by atoms with Crippen molar-refractivity contribution in [2.75, 3.05) is 6.54 Å². The van der Waals surface area contributed by atoms with Gasteiger partial charge in [-0.3, -0.25) is 0 Å². The summed E-state index contributed by atoms with van der Waals surface area (Å²) < 4.78 is 0. The van der Waals surface area contributed by atoms with Crippen LogP contribution in [-0.2, 0) is 0 Å². The number of rotatable bonds is 5. The van der Waals surface area contributed by atoms with Crippen molar-refractivity contribution in [3.63, 3.8) is 0 Å². The van der Waals surface area contributed by atoms with Crippen molar-refractivity contribution in [2.24, 2.45) is 0 Å². The normalized spacial score (nSPS) is 13.8. The molecule has 0 fully saturated rings. The van der Waals surface area contributed by atoms with Gasteiger partial charge < -0.3 is 5.32 Å². The van der Waals surface area contributed by atoms with E-state index >= 15 is 0 Å². The van der Waals surface area contributed by atoms with Crippen molar-refractivity contribution in [1.29, 1.82) is 0 Å². The molecule has 0 amide bonds. The minimum Gasteiger partial charge on any atom is -0.312 e. The largest absolute Gasteiger partial charge is 0.312 e. The lowest BCUT2D eigenvalue weighted by Gasteiger charge is -2.21. The van der Waals surface area contributed by atoms with Crippen LogP contribution in [-0.4, -0.2) is 12.1 Å². The quantitative estimate of drug-likeness (QED) is 0.739. The molecule has 90 valence electrons. The second-order valence-corrected chi connectivity index (χ2v) is 5.63. The zero-order chi connectivity index (χ0) is 12.0. The zero-order valence-corrected chi connectivity index (χ0v) is 11.1. The van der Waals surface area contributed by atoms with Gasteiger partial charge in [0.1, 0.15) is 0 Å². The molecule has 0 saturated carbocycles. The van der Waals surface area contributed by atoms with Crippen LogP contribution in [0.25, 0.3) is 0 Å². The van der Waals surface area contributed by atoms with E-state index in [1.165, 1.54) is 18.4 Å². The van der Waals surface area contributed by atoms with Crippen LogP contribution in [0.3, 0.4) is 0 Å². The SMILES string of the molecule is C[C@H](CCCNC(C)(C)C)c1ccccc1. The molecular formula is C15H25N. The lowest BCUT2D eigenvalue weighted by molar-refractivity contribution is 0.414. The molecule has 0 bridgehead atoms. The van der Waals surface area contributed by atoms with Crippen LogP contribution < -0.4 is 5.32 Å². The van der Waals surface area contributed by atoms with E-state index in [-0.39, 0.29) is 5.54 Å². The molecule has 1 aromatic rings. The van der Waals surface area contributed by atoms with Crippen LogP contribution in [0.15, 0.2) is 30.3 Å². The molecule has 0 aromatic heterocycles. The van der Waals surface area contributed by atoms with E-state index in [9.17, 15) is 0 Å². The van der Waals surface area contributed by atoms with Gasteiger partial charge >= 0.3 is 0 Å². The van der Waals surface area contributed by atoms with Gasteiger partial charge in [-0.25, -0.2) is 0 Å². The van der Waals surface area contributed by atoms with Crippen molar-refractivity contribution in [3.05, 3.63) is 35.9 Å². The molecule has 1 rings (SSSR count). The Hall–Kier alpha value is -0.820. The molecule has 1 nitrogen and oxygen atoms in total. The predicted octanol–water partition coefficient (Wildman–Crippen LogP) is 3.96. The molecule has 0 aliphatic rings. The van der Waals surface area contributed by atoms with Gasteiger partial charge in [0.15, 0.2) is 0 Å². The first kappa shape index (κ1) is 13.2. The van der Waals surface area contributed by atoms with Crippen LogP contribution in [0.1, 0.15) is 52.0 Å². The monoisotopic (exact) mass is 219 g/mol. The maximum atomic E-state index is 3.53. The van der Waals surface area contributed by atoms with Crippen LogP contribution in [0, 0.1) is 0 Å². The van der Waals surface area contributed by atoms with Gasteiger partial charge in [-0.15, -0.1) is 0 Å². The molecule has 0 spiro atoms. The first-order valence-electron chi connectivity index (χ1n) is 6.29. The molecule has 0 aliphatic carbocycles. The van der Waals surface area contributed by atoms with E-state index in [4.69, 9.17) is 0 Å². The molecule has 0 saturated heterocycles. The Morgan fingerprint density at radius 3 is 2.31 bits per heavy atom. The molecule has 0 aliphatic heterocycles. The van der Waals surface area contributed by atoms with E-state index in [0.29, 0.717) is 5.92 Å². The summed E-state index contributed by atoms with van der Waals surface area (Å²) in [7, 11) is 0. The summed E-state index contributed by atoms with van der Waals surface area (Å²) in [4.78, 5) is 0. The van der Waals surface area contributed by atoms with Gasteiger partial charge in [-0.2, -0.15) is 0 Å². The van der Waals surface area contributed by atoms with Crippen molar-refractivity contribution >= 4 is 0 Å². The second-order valence-electron chi connectivity index (χ2n) is 5.63. The van der Waals surface area contributed by atoms with Crippen LogP contribution in [0.5, 0.6) is 0 Å². The molecule has 16 heavy (non-hydrogen) atoms. The molecular weight excluding hydrogens is 194 g/mol. The third kappa shape index (κ3) is 5.32. The Morgan fingerprint density at radius 2 is 1.75 bits per heavy atom. The maximum Gasteiger partial charge on any atom is 0.00965 e. The van der Waals surface area contributed by atoms with Gasteiger partial charge in [-0.05, 0) is 51.6 Å². The lowest BCUT2D eigenvalue weighted by Crippen LogP contribution is -2.36. The van der Waals surface area contributed by atoms with E-state index in [1.807, 2.05) is 0 Å². The summed E-state index contributed by atoms with van der Waals surface area (Å²) in [5.74, 6) is 0.669. The van der Waals surface area contributed by atoms with Gasteiger partial charge in [0.25, 0.3) is 0 Å². The first-order valence-corrected chi connectivity index (χ1v) is 6.29. The average Bonchev–Trinajstić information content (AvgIpc) is 2.24. The summed E-state index contributed by atoms with van der Waals surface area (Å²) in [6.07, 6.45) is 2.50. The topological polar surface area (TPSA) is 12.0 Å². The van der Waals surface area contributed by atoms with E-state index in [1.54, 1.807) is 0 Å². The van der Waals surface area contributed by atoms with Crippen molar-refractivity contribution in [1.82, 2.24) is 5.32 Å². The summed E-state index contributed by atoms with van der Waals surface area (Å²) in [5.41, 5.74) is 1.70. The average molecular weight is 219 g/mol.